The SMILES string of the molecule is N#Cc1cccc(Cl)c1Oc1cc(Cl)ccc1[C@H]1CC(=O)N(c2cc(C(N)=O)cc(C3CCCO3)n2)C1. The van der Waals surface area contributed by atoms with Gasteiger partial charge in [-0.25, -0.2) is 4.98 Å². The maximum absolute atomic E-state index is 13.2. The molecule has 3 aromatic rings. The number of aromatic nitrogens is 1. The highest BCUT2D eigenvalue weighted by molar-refractivity contribution is 6.32. The van der Waals surface area contributed by atoms with Crippen molar-refractivity contribution in [3.8, 4) is 17.6 Å². The number of primary amides is 1. The van der Waals surface area contributed by atoms with Crippen LogP contribution in [0.25, 0.3) is 0 Å². The van der Waals surface area contributed by atoms with Crippen molar-refractivity contribution in [2.24, 2.45) is 5.73 Å². The monoisotopic (exact) mass is 536 g/mol. The van der Waals surface area contributed by atoms with E-state index in [1.807, 2.05) is 0 Å². The molecule has 2 saturated heterocycles. The van der Waals surface area contributed by atoms with Crippen molar-refractivity contribution in [1.29, 1.82) is 5.26 Å². The number of anilines is 1. The molecule has 2 aliphatic rings. The first-order valence-corrected chi connectivity index (χ1v) is 12.5. The fraction of sp³-hybridized carbons (Fsp3) is 0.259. The minimum Gasteiger partial charge on any atom is -0.454 e. The number of benzene rings is 2. The van der Waals surface area contributed by atoms with Crippen molar-refractivity contribution < 1.29 is 19.1 Å². The normalized spacial score (nSPS) is 19.2. The average molecular weight is 537 g/mol. The molecule has 2 amide bonds. The number of carbonyl (C=O) groups excluding carboxylic acids is 2. The highest BCUT2D eigenvalue weighted by atomic mass is 35.5. The maximum atomic E-state index is 13.2. The molecule has 0 saturated carbocycles. The van der Waals surface area contributed by atoms with Crippen LogP contribution in [0.4, 0.5) is 5.82 Å². The van der Waals surface area contributed by atoms with Crippen LogP contribution in [0.3, 0.4) is 0 Å². The van der Waals surface area contributed by atoms with Crippen LogP contribution in [0.1, 0.15) is 58.5 Å². The summed E-state index contributed by atoms with van der Waals surface area (Å²) in [5.74, 6) is -0.0630. The van der Waals surface area contributed by atoms with Gasteiger partial charge in [0.1, 0.15) is 17.6 Å². The number of nitrogens with two attached hydrogens (primary N) is 1. The Morgan fingerprint density at radius 2 is 2.05 bits per heavy atom. The molecule has 0 aliphatic carbocycles. The summed E-state index contributed by atoms with van der Waals surface area (Å²) in [4.78, 5) is 31.4. The first kappa shape index (κ1) is 25.0. The smallest absolute Gasteiger partial charge is 0.248 e. The zero-order chi connectivity index (χ0) is 26.1. The Morgan fingerprint density at radius 3 is 2.78 bits per heavy atom. The van der Waals surface area contributed by atoms with Crippen molar-refractivity contribution in [3.05, 3.63) is 81.0 Å². The van der Waals surface area contributed by atoms with Crippen LogP contribution in [-0.2, 0) is 9.53 Å². The lowest BCUT2D eigenvalue weighted by Gasteiger charge is -2.20. The van der Waals surface area contributed by atoms with Crippen LogP contribution in [-0.4, -0.2) is 29.9 Å². The second kappa shape index (κ2) is 10.4. The van der Waals surface area contributed by atoms with Crippen molar-refractivity contribution in [2.45, 2.75) is 31.3 Å². The van der Waals surface area contributed by atoms with E-state index in [1.54, 1.807) is 47.4 Å². The molecule has 3 heterocycles. The molecule has 0 radical (unpaired) electrons. The minimum absolute atomic E-state index is 0.159. The maximum Gasteiger partial charge on any atom is 0.248 e. The topological polar surface area (TPSA) is 119 Å². The number of halogens is 2. The summed E-state index contributed by atoms with van der Waals surface area (Å²) in [6.07, 6.45) is 1.62. The van der Waals surface area contributed by atoms with Gasteiger partial charge in [-0.3, -0.25) is 14.5 Å². The predicted molar refractivity (Wildman–Crippen MR) is 138 cm³/mol. The molecular weight excluding hydrogens is 515 g/mol. The average Bonchev–Trinajstić information content (AvgIpc) is 3.55. The second-order valence-electron chi connectivity index (χ2n) is 8.92. The summed E-state index contributed by atoms with van der Waals surface area (Å²) < 4.78 is 11.8. The number of hydrogen-bond acceptors (Lipinski definition) is 6. The molecule has 2 aliphatic heterocycles. The van der Waals surface area contributed by atoms with E-state index in [9.17, 15) is 14.9 Å². The molecular formula is C27H22Cl2N4O4. The lowest BCUT2D eigenvalue weighted by Crippen LogP contribution is -2.27. The van der Waals surface area contributed by atoms with Crippen LogP contribution in [0.15, 0.2) is 48.5 Å². The molecule has 8 nitrogen and oxygen atoms in total. The number of nitriles is 1. The van der Waals surface area contributed by atoms with Crippen molar-refractivity contribution in [1.82, 2.24) is 4.98 Å². The molecule has 188 valence electrons. The van der Waals surface area contributed by atoms with E-state index in [2.05, 4.69) is 11.1 Å². The summed E-state index contributed by atoms with van der Waals surface area (Å²) >= 11 is 12.6. The van der Waals surface area contributed by atoms with Gasteiger partial charge in [0, 0.05) is 41.6 Å². The van der Waals surface area contributed by atoms with Crippen LogP contribution in [0.2, 0.25) is 10.0 Å². The van der Waals surface area contributed by atoms with E-state index in [0.29, 0.717) is 35.4 Å². The third-order valence-corrected chi connectivity index (χ3v) is 7.02. The Morgan fingerprint density at radius 1 is 1.22 bits per heavy atom. The summed E-state index contributed by atoms with van der Waals surface area (Å²) in [5, 5.41) is 10.2. The largest absolute Gasteiger partial charge is 0.454 e. The molecule has 2 fully saturated rings. The molecule has 2 N–H and O–H groups in total. The van der Waals surface area contributed by atoms with E-state index in [-0.39, 0.29) is 46.2 Å². The highest BCUT2D eigenvalue weighted by Crippen LogP contribution is 2.41. The molecule has 0 bridgehead atoms. The van der Waals surface area contributed by atoms with Crippen molar-refractivity contribution in [3.63, 3.8) is 0 Å². The number of rotatable bonds is 6. The number of nitrogens with zero attached hydrogens (tertiary/aromatic N) is 3. The van der Waals surface area contributed by atoms with E-state index >= 15 is 0 Å². The first-order chi connectivity index (χ1) is 17.8. The highest BCUT2D eigenvalue weighted by Gasteiger charge is 2.35. The third kappa shape index (κ3) is 5.12. The van der Waals surface area contributed by atoms with Crippen molar-refractivity contribution >= 4 is 40.8 Å². The lowest BCUT2D eigenvalue weighted by molar-refractivity contribution is -0.117. The van der Waals surface area contributed by atoms with Gasteiger partial charge in [-0.2, -0.15) is 5.26 Å². The zero-order valence-electron chi connectivity index (χ0n) is 19.6. The fourth-order valence-corrected chi connectivity index (χ4v) is 5.05. The van der Waals surface area contributed by atoms with Gasteiger partial charge in [0.2, 0.25) is 11.8 Å². The van der Waals surface area contributed by atoms with E-state index < -0.39 is 5.91 Å². The Kier molecular flexibility index (Phi) is 7.02. The van der Waals surface area contributed by atoms with Gasteiger partial charge in [-0.05, 0) is 49.2 Å². The fourth-order valence-electron chi connectivity index (χ4n) is 4.68. The number of ether oxygens (including phenoxy) is 2. The third-order valence-electron chi connectivity index (χ3n) is 6.49. The number of pyridine rings is 1. The zero-order valence-corrected chi connectivity index (χ0v) is 21.1. The number of carbonyl (C=O) groups is 2. The number of hydrogen-bond donors (Lipinski definition) is 1. The Hall–Kier alpha value is -3.64. The summed E-state index contributed by atoms with van der Waals surface area (Å²) in [6.45, 7) is 0.913. The molecule has 37 heavy (non-hydrogen) atoms. The lowest BCUT2D eigenvalue weighted by atomic mass is 9.97. The first-order valence-electron chi connectivity index (χ1n) is 11.7. The quantitative estimate of drug-likeness (QED) is 0.442. The molecule has 1 aromatic heterocycles. The number of para-hydroxylation sites is 1. The molecule has 10 heteroatoms. The Bertz CT molecular complexity index is 1430. The second-order valence-corrected chi connectivity index (χ2v) is 9.77. The molecule has 0 spiro atoms. The van der Waals surface area contributed by atoms with Gasteiger partial charge in [0.05, 0.1) is 22.4 Å². The van der Waals surface area contributed by atoms with Gasteiger partial charge in [-0.15, -0.1) is 0 Å². The minimum atomic E-state index is -0.604. The predicted octanol–water partition coefficient (Wildman–Crippen LogP) is 5.52. The van der Waals surface area contributed by atoms with Crippen LogP contribution in [0.5, 0.6) is 11.5 Å². The Labute approximate surface area is 223 Å². The molecule has 2 aromatic carbocycles. The number of amides is 2. The molecule has 5 rings (SSSR count). The van der Waals surface area contributed by atoms with Gasteiger partial charge < -0.3 is 15.2 Å². The summed E-state index contributed by atoms with van der Waals surface area (Å²) in [6, 6.07) is 15.3. The van der Waals surface area contributed by atoms with E-state index in [4.69, 9.17) is 38.4 Å². The summed E-state index contributed by atoms with van der Waals surface area (Å²) in [5.41, 5.74) is 7.43. The van der Waals surface area contributed by atoms with Gasteiger partial charge >= 0.3 is 0 Å². The van der Waals surface area contributed by atoms with Crippen molar-refractivity contribution in [2.75, 3.05) is 18.1 Å². The standard InChI is InChI=1S/C27H22Cl2N4O4/c28-18-6-7-19(23(12-18)37-26-15(13-30)3-1-4-20(26)29)17-11-25(34)33(14-17)24-10-16(27(31)35)9-21(32-24)22-5-2-8-36-22/h1,3-4,6-7,9-10,12,17,22H,2,5,8,11,14H2,(H2,31,35)/t17-,22?/m0/s1. The summed E-state index contributed by atoms with van der Waals surface area (Å²) in [7, 11) is 0. The van der Waals surface area contributed by atoms with Gasteiger partial charge in [0.15, 0.2) is 5.75 Å². The van der Waals surface area contributed by atoms with Gasteiger partial charge in [0.25, 0.3) is 0 Å². The van der Waals surface area contributed by atoms with E-state index in [1.165, 1.54) is 6.07 Å². The Balaban J connectivity index is 1.48. The molecule has 2 atom stereocenters. The molecule has 1 unspecified atom stereocenters. The van der Waals surface area contributed by atoms with Crippen LogP contribution in [0, 0.1) is 11.3 Å². The van der Waals surface area contributed by atoms with Gasteiger partial charge in [-0.1, -0.05) is 35.3 Å². The van der Waals surface area contributed by atoms with E-state index in [0.717, 1.165) is 18.4 Å². The van der Waals surface area contributed by atoms with Crippen LogP contribution < -0.4 is 15.4 Å². The van der Waals surface area contributed by atoms with Crippen LogP contribution >= 0.6 is 23.2 Å².